The average Bonchev–Trinajstić information content (AvgIpc) is 2.59. The van der Waals surface area contributed by atoms with Gasteiger partial charge >= 0.3 is 6.18 Å². The standard InChI is InChI=1S/C19H21F3N2O3/c20-19(21,22)10-23-17(26)11-4-6-15(7-5-11)24-18(27)14-8-12-2-1-3-13(9-14)16(12)25/h4-7,12-14H,1-3,8-10H2,(H,23,26)(H,24,27). The summed E-state index contributed by atoms with van der Waals surface area (Å²) in [4.78, 5) is 36.3. The van der Waals surface area contributed by atoms with Gasteiger partial charge in [-0.2, -0.15) is 13.2 Å². The molecule has 1 aromatic rings. The van der Waals surface area contributed by atoms with Crippen LogP contribution in [0.4, 0.5) is 18.9 Å². The first kappa shape index (κ1) is 19.4. The lowest BCUT2D eigenvalue weighted by Crippen LogP contribution is -2.40. The molecule has 1 aromatic carbocycles. The van der Waals surface area contributed by atoms with Crippen LogP contribution in [0.25, 0.3) is 0 Å². The first-order chi connectivity index (χ1) is 12.7. The Morgan fingerprint density at radius 3 is 2.19 bits per heavy atom. The van der Waals surface area contributed by atoms with E-state index in [0.29, 0.717) is 24.3 Å². The lowest BCUT2D eigenvalue weighted by Gasteiger charge is -2.36. The zero-order valence-corrected chi connectivity index (χ0v) is 14.6. The monoisotopic (exact) mass is 382 g/mol. The Bertz CT molecular complexity index is 715. The van der Waals surface area contributed by atoms with Crippen LogP contribution in [-0.2, 0) is 9.59 Å². The summed E-state index contributed by atoms with van der Waals surface area (Å²) >= 11 is 0. The van der Waals surface area contributed by atoms with E-state index in [1.807, 2.05) is 0 Å². The molecule has 2 unspecified atom stereocenters. The van der Waals surface area contributed by atoms with Crippen LogP contribution >= 0.6 is 0 Å². The SMILES string of the molecule is O=C(NCC(F)(F)F)c1ccc(NC(=O)C2CC3CCCC(C2)C3=O)cc1. The number of carbonyl (C=O) groups excluding carboxylic acids is 3. The van der Waals surface area contributed by atoms with E-state index >= 15 is 0 Å². The first-order valence-electron chi connectivity index (χ1n) is 9.02. The van der Waals surface area contributed by atoms with Crippen LogP contribution < -0.4 is 10.6 Å². The minimum atomic E-state index is -4.47. The molecule has 0 saturated heterocycles. The quantitative estimate of drug-likeness (QED) is 0.839. The van der Waals surface area contributed by atoms with E-state index in [1.54, 1.807) is 5.32 Å². The maximum absolute atomic E-state index is 12.5. The van der Waals surface area contributed by atoms with Crippen molar-refractivity contribution in [3.05, 3.63) is 29.8 Å². The summed E-state index contributed by atoms with van der Waals surface area (Å²) in [7, 11) is 0. The van der Waals surface area contributed by atoms with Crippen LogP contribution in [0.3, 0.4) is 0 Å². The Kier molecular flexibility index (Phi) is 5.53. The predicted octanol–water partition coefficient (Wildman–Crippen LogP) is 3.31. The number of anilines is 1. The molecular weight excluding hydrogens is 361 g/mol. The number of carbonyl (C=O) groups is 3. The van der Waals surface area contributed by atoms with E-state index in [9.17, 15) is 27.6 Å². The number of alkyl halides is 3. The van der Waals surface area contributed by atoms with E-state index in [1.165, 1.54) is 24.3 Å². The van der Waals surface area contributed by atoms with Gasteiger partial charge in [0.05, 0.1) is 0 Å². The van der Waals surface area contributed by atoms with Crippen molar-refractivity contribution < 1.29 is 27.6 Å². The topological polar surface area (TPSA) is 75.3 Å². The Hall–Kier alpha value is -2.38. The first-order valence-corrected chi connectivity index (χ1v) is 9.02. The highest BCUT2D eigenvalue weighted by Crippen LogP contribution is 2.40. The summed E-state index contributed by atoms with van der Waals surface area (Å²) in [6, 6.07) is 5.69. The number of hydrogen-bond donors (Lipinski definition) is 2. The second-order valence-electron chi connectivity index (χ2n) is 7.26. The van der Waals surface area contributed by atoms with Crippen molar-refractivity contribution >= 4 is 23.3 Å². The average molecular weight is 382 g/mol. The summed E-state index contributed by atoms with van der Waals surface area (Å²) in [6.45, 7) is -1.40. The molecule has 3 rings (SSSR count). The molecule has 2 fully saturated rings. The molecule has 0 aliphatic heterocycles. The summed E-state index contributed by atoms with van der Waals surface area (Å²) in [6.07, 6.45) is -0.601. The summed E-state index contributed by atoms with van der Waals surface area (Å²) in [5.74, 6) is -0.953. The van der Waals surface area contributed by atoms with Crippen LogP contribution in [0.1, 0.15) is 42.5 Å². The maximum atomic E-state index is 12.5. The molecule has 2 atom stereocenters. The van der Waals surface area contributed by atoms with Gasteiger partial charge in [0.25, 0.3) is 5.91 Å². The van der Waals surface area contributed by atoms with E-state index < -0.39 is 18.6 Å². The van der Waals surface area contributed by atoms with Crippen LogP contribution in [0.15, 0.2) is 24.3 Å². The van der Waals surface area contributed by atoms with Gasteiger partial charge in [-0.25, -0.2) is 0 Å². The molecule has 0 heterocycles. The van der Waals surface area contributed by atoms with Gasteiger partial charge in [-0.3, -0.25) is 14.4 Å². The fourth-order valence-corrected chi connectivity index (χ4v) is 3.93. The number of halogens is 3. The molecular formula is C19H21F3N2O3. The normalized spacial score (nSPS) is 25.0. The number of ketones is 1. The Labute approximate surface area is 154 Å². The highest BCUT2D eigenvalue weighted by atomic mass is 19.4. The van der Waals surface area contributed by atoms with Crippen LogP contribution in [0.2, 0.25) is 0 Å². The van der Waals surface area contributed by atoms with Crippen molar-refractivity contribution in [1.29, 1.82) is 0 Å². The molecule has 2 aliphatic rings. The van der Waals surface area contributed by atoms with Gasteiger partial charge in [0.2, 0.25) is 5.91 Å². The number of fused-ring (bicyclic) bond motifs is 2. The Morgan fingerprint density at radius 1 is 1.04 bits per heavy atom. The third kappa shape index (κ3) is 4.87. The van der Waals surface area contributed by atoms with Crippen molar-refractivity contribution in [1.82, 2.24) is 5.32 Å². The van der Waals surface area contributed by atoms with E-state index in [2.05, 4.69) is 5.32 Å². The molecule has 5 nitrogen and oxygen atoms in total. The molecule has 27 heavy (non-hydrogen) atoms. The minimum Gasteiger partial charge on any atom is -0.343 e. The summed E-state index contributed by atoms with van der Waals surface area (Å²) in [5.41, 5.74) is 0.546. The smallest absolute Gasteiger partial charge is 0.343 e. The summed E-state index contributed by atoms with van der Waals surface area (Å²) in [5, 5.41) is 4.57. The molecule has 2 saturated carbocycles. The van der Waals surface area contributed by atoms with Crippen molar-refractivity contribution in [2.45, 2.75) is 38.3 Å². The molecule has 146 valence electrons. The number of benzene rings is 1. The van der Waals surface area contributed by atoms with Crippen molar-refractivity contribution in [3.63, 3.8) is 0 Å². The molecule has 2 bridgehead atoms. The Morgan fingerprint density at radius 2 is 1.63 bits per heavy atom. The van der Waals surface area contributed by atoms with E-state index in [0.717, 1.165) is 19.3 Å². The van der Waals surface area contributed by atoms with Gasteiger partial charge in [0.1, 0.15) is 12.3 Å². The number of rotatable bonds is 4. The zero-order valence-electron chi connectivity index (χ0n) is 14.6. The van der Waals surface area contributed by atoms with Gasteiger partial charge in [-0.05, 0) is 49.9 Å². The van der Waals surface area contributed by atoms with Crippen LogP contribution in [-0.4, -0.2) is 30.3 Å². The summed E-state index contributed by atoms with van der Waals surface area (Å²) < 4.78 is 36.4. The number of nitrogens with one attached hydrogen (secondary N) is 2. The van der Waals surface area contributed by atoms with Crippen molar-refractivity contribution in [3.8, 4) is 0 Å². The lowest BCUT2D eigenvalue weighted by molar-refractivity contribution is -0.136. The van der Waals surface area contributed by atoms with E-state index in [4.69, 9.17) is 0 Å². The van der Waals surface area contributed by atoms with Crippen molar-refractivity contribution in [2.24, 2.45) is 17.8 Å². The van der Waals surface area contributed by atoms with Crippen LogP contribution in [0, 0.1) is 17.8 Å². The number of hydrogen-bond acceptors (Lipinski definition) is 3. The highest BCUT2D eigenvalue weighted by molar-refractivity contribution is 5.97. The van der Waals surface area contributed by atoms with Gasteiger partial charge < -0.3 is 10.6 Å². The van der Waals surface area contributed by atoms with Gasteiger partial charge in [-0.1, -0.05) is 6.42 Å². The van der Waals surface area contributed by atoms with Crippen molar-refractivity contribution in [2.75, 3.05) is 11.9 Å². The van der Waals surface area contributed by atoms with Gasteiger partial charge in [0.15, 0.2) is 0 Å². The van der Waals surface area contributed by atoms with Crippen LogP contribution in [0.5, 0.6) is 0 Å². The Balaban J connectivity index is 1.56. The van der Waals surface area contributed by atoms with E-state index in [-0.39, 0.29) is 29.2 Å². The third-order valence-electron chi connectivity index (χ3n) is 5.28. The predicted molar refractivity (Wildman–Crippen MR) is 92.0 cm³/mol. The zero-order chi connectivity index (χ0) is 19.6. The molecule has 0 radical (unpaired) electrons. The molecule has 0 spiro atoms. The molecule has 2 amide bonds. The largest absolute Gasteiger partial charge is 0.405 e. The fraction of sp³-hybridized carbons (Fsp3) is 0.526. The maximum Gasteiger partial charge on any atom is 0.405 e. The number of amides is 2. The number of Topliss-reactive ketones (excluding diaryl/α,β-unsaturated/α-hetero) is 1. The molecule has 2 N–H and O–H groups in total. The van der Waals surface area contributed by atoms with Gasteiger partial charge in [-0.15, -0.1) is 0 Å². The second kappa shape index (κ2) is 7.70. The molecule has 8 heteroatoms. The fourth-order valence-electron chi connectivity index (χ4n) is 3.93. The highest BCUT2D eigenvalue weighted by Gasteiger charge is 2.41. The third-order valence-corrected chi connectivity index (χ3v) is 5.28. The minimum absolute atomic E-state index is 0.0204. The second-order valence-corrected chi connectivity index (χ2v) is 7.26. The van der Waals surface area contributed by atoms with Gasteiger partial charge in [0, 0.05) is 29.0 Å². The molecule has 0 aromatic heterocycles. The molecule has 2 aliphatic carbocycles. The lowest BCUT2D eigenvalue weighted by atomic mass is 9.67.